The monoisotopic (exact) mass is 283 g/mol. The molecule has 0 heterocycles. The fourth-order valence-electron chi connectivity index (χ4n) is 1.41. The number of carboxylic acids is 1. The highest BCUT2D eigenvalue weighted by atomic mass is 32.2. The van der Waals surface area contributed by atoms with Gasteiger partial charge in [0, 0.05) is 12.9 Å². The number of hydrogen-bond acceptors (Lipinski definition) is 4. The summed E-state index contributed by atoms with van der Waals surface area (Å²) in [5.41, 5.74) is 1.13. The van der Waals surface area contributed by atoms with E-state index < -0.39 is 12.0 Å². The zero-order valence-corrected chi connectivity index (χ0v) is 11.5. The molecule has 0 aliphatic heterocycles. The van der Waals surface area contributed by atoms with Crippen LogP contribution in [0.4, 0.5) is 0 Å². The van der Waals surface area contributed by atoms with Crippen molar-refractivity contribution in [2.45, 2.75) is 11.8 Å². The second-order valence-electron chi connectivity index (χ2n) is 3.89. The lowest BCUT2D eigenvalue weighted by molar-refractivity contribution is -0.142. The van der Waals surface area contributed by atoms with Gasteiger partial charge in [-0.15, -0.1) is 11.8 Å². The lowest BCUT2D eigenvalue weighted by atomic mass is 10.2. The Morgan fingerprint density at radius 2 is 2.05 bits per heavy atom. The molecule has 0 saturated carbocycles. The molecule has 0 aliphatic rings. The highest BCUT2D eigenvalue weighted by molar-refractivity contribution is 7.99. The topological polar surface area (TPSA) is 75.6 Å². The number of carboxylic acid groups (broad SMARTS) is 1. The van der Waals surface area contributed by atoms with E-state index in [2.05, 4.69) is 5.32 Å². The van der Waals surface area contributed by atoms with E-state index in [-0.39, 0.29) is 18.3 Å². The molecule has 1 amide bonds. The first-order chi connectivity index (χ1) is 9.13. The molecule has 5 nitrogen and oxygen atoms in total. The zero-order valence-electron chi connectivity index (χ0n) is 10.7. The van der Waals surface area contributed by atoms with Gasteiger partial charge in [-0.05, 0) is 5.56 Å². The van der Waals surface area contributed by atoms with Crippen LogP contribution in [-0.2, 0) is 20.1 Å². The number of carbonyl (C=O) groups excluding carboxylic acids is 1. The van der Waals surface area contributed by atoms with Crippen molar-refractivity contribution in [1.29, 1.82) is 0 Å². The average molecular weight is 283 g/mol. The summed E-state index contributed by atoms with van der Waals surface area (Å²) in [6.07, 6.45) is 0. The highest BCUT2D eigenvalue weighted by Gasteiger charge is 2.19. The zero-order chi connectivity index (χ0) is 14.1. The van der Waals surface area contributed by atoms with Crippen LogP contribution in [-0.4, -0.2) is 42.5 Å². The van der Waals surface area contributed by atoms with Crippen LogP contribution in [0.3, 0.4) is 0 Å². The Kier molecular flexibility index (Phi) is 6.99. The van der Waals surface area contributed by atoms with E-state index in [0.717, 1.165) is 11.3 Å². The molecule has 1 atom stereocenters. The minimum atomic E-state index is -1.09. The molecule has 1 rings (SSSR count). The summed E-state index contributed by atoms with van der Waals surface area (Å²) < 4.78 is 4.74. The van der Waals surface area contributed by atoms with E-state index in [1.165, 1.54) is 18.9 Å². The van der Waals surface area contributed by atoms with Crippen molar-refractivity contribution in [3.05, 3.63) is 35.9 Å². The van der Waals surface area contributed by atoms with E-state index in [1.54, 1.807) is 0 Å². The van der Waals surface area contributed by atoms with Gasteiger partial charge in [0.2, 0.25) is 5.91 Å². The number of rotatable bonds is 8. The van der Waals surface area contributed by atoms with Crippen LogP contribution in [0.5, 0.6) is 0 Å². The molecule has 1 aromatic carbocycles. The quantitative estimate of drug-likeness (QED) is 0.748. The number of amides is 1. The van der Waals surface area contributed by atoms with E-state index in [9.17, 15) is 9.59 Å². The van der Waals surface area contributed by atoms with Gasteiger partial charge < -0.3 is 15.2 Å². The van der Waals surface area contributed by atoms with Crippen molar-refractivity contribution in [3.63, 3.8) is 0 Å². The predicted octanol–water partition coefficient (Wildman–Crippen LogP) is 1.14. The summed E-state index contributed by atoms with van der Waals surface area (Å²) >= 11 is 1.44. The molecule has 19 heavy (non-hydrogen) atoms. The maximum atomic E-state index is 11.6. The molecule has 2 N–H and O–H groups in total. The number of carbonyl (C=O) groups is 2. The number of benzene rings is 1. The van der Waals surface area contributed by atoms with Crippen molar-refractivity contribution in [1.82, 2.24) is 5.32 Å². The summed E-state index contributed by atoms with van der Waals surface area (Å²) in [4.78, 5) is 22.4. The summed E-state index contributed by atoms with van der Waals surface area (Å²) in [7, 11) is 1.40. The minimum Gasteiger partial charge on any atom is -0.480 e. The summed E-state index contributed by atoms with van der Waals surface area (Å²) in [5, 5.41) is 11.3. The Balaban J connectivity index is 2.29. The number of thioether (sulfide) groups is 1. The van der Waals surface area contributed by atoms with E-state index in [1.807, 2.05) is 30.3 Å². The van der Waals surface area contributed by atoms with Gasteiger partial charge in [0.15, 0.2) is 6.04 Å². The minimum absolute atomic E-state index is 0.0373. The molecule has 0 aliphatic carbocycles. The molecule has 0 aromatic heterocycles. The largest absolute Gasteiger partial charge is 0.480 e. The molecule has 0 bridgehead atoms. The smallest absolute Gasteiger partial charge is 0.328 e. The second kappa shape index (κ2) is 8.55. The molecule has 1 unspecified atom stereocenters. The van der Waals surface area contributed by atoms with Crippen molar-refractivity contribution >= 4 is 23.6 Å². The van der Waals surface area contributed by atoms with Crippen LogP contribution in [0.25, 0.3) is 0 Å². The Bertz CT molecular complexity index is 410. The Morgan fingerprint density at radius 1 is 1.37 bits per heavy atom. The van der Waals surface area contributed by atoms with Gasteiger partial charge in [0.25, 0.3) is 0 Å². The number of methoxy groups -OCH3 is 1. The molecular weight excluding hydrogens is 266 g/mol. The second-order valence-corrected chi connectivity index (χ2v) is 4.88. The average Bonchev–Trinajstić information content (AvgIpc) is 2.39. The third kappa shape index (κ3) is 6.26. The van der Waals surface area contributed by atoms with Gasteiger partial charge >= 0.3 is 5.97 Å². The van der Waals surface area contributed by atoms with Gasteiger partial charge in [0.1, 0.15) is 0 Å². The van der Waals surface area contributed by atoms with Crippen LogP contribution in [0, 0.1) is 0 Å². The first kappa shape index (κ1) is 15.5. The van der Waals surface area contributed by atoms with Crippen molar-refractivity contribution in [3.8, 4) is 0 Å². The molecule has 1 aromatic rings. The third-order valence-corrected chi connectivity index (χ3v) is 3.32. The number of nitrogens with one attached hydrogen (secondary N) is 1. The third-order valence-electron chi connectivity index (χ3n) is 2.31. The number of aliphatic carboxylic acids is 1. The molecule has 0 spiro atoms. The van der Waals surface area contributed by atoms with Gasteiger partial charge in [-0.2, -0.15) is 0 Å². The summed E-state index contributed by atoms with van der Waals surface area (Å²) in [5.74, 6) is -0.452. The summed E-state index contributed by atoms with van der Waals surface area (Å²) in [6, 6.07) is 8.79. The molecule has 6 heteroatoms. The fraction of sp³-hybridized carbons (Fsp3) is 0.385. The predicted molar refractivity (Wildman–Crippen MR) is 74.0 cm³/mol. The molecule has 0 radical (unpaired) electrons. The van der Waals surface area contributed by atoms with Crippen LogP contribution in [0.1, 0.15) is 5.56 Å². The number of hydrogen-bond donors (Lipinski definition) is 2. The Labute approximate surface area is 116 Å². The normalized spacial score (nSPS) is 11.8. The fourth-order valence-corrected chi connectivity index (χ4v) is 2.21. The first-order valence-corrected chi connectivity index (χ1v) is 6.91. The number of ether oxygens (including phenoxy) is 1. The van der Waals surface area contributed by atoms with Gasteiger partial charge in [0.05, 0.1) is 12.4 Å². The van der Waals surface area contributed by atoms with Gasteiger partial charge in [-0.25, -0.2) is 4.79 Å². The van der Waals surface area contributed by atoms with Crippen LogP contribution >= 0.6 is 11.8 Å². The molecule has 0 fully saturated rings. The molecular formula is C13H17NO4S. The SMILES string of the molecule is COCC(NC(=O)CSCc1ccccc1)C(=O)O. The van der Waals surface area contributed by atoms with E-state index in [4.69, 9.17) is 9.84 Å². The molecule has 0 saturated heterocycles. The first-order valence-electron chi connectivity index (χ1n) is 5.76. The van der Waals surface area contributed by atoms with Crippen LogP contribution < -0.4 is 5.32 Å². The van der Waals surface area contributed by atoms with Crippen LogP contribution in [0.2, 0.25) is 0 Å². The Hall–Kier alpha value is -1.53. The maximum Gasteiger partial charge on any atom is 0.328 e. The lowest BCUT2D eigenvalue weighted by Crippen LogP contribution is -2.44. The molecule has 104 valence electrons. The van der Waals surface area contributed by atoms with E-state index >= 15 is 0 Å². The summed E-state index contributed by atoms with van der Waals surface area (Å²) in [6.45, 7) is -0.0373. The van der Waals surface area contributed by atoms with Crippen molar-refractivity contribution in [2.75, 3.05) is 19.5 Å². The van der Waals surface area contributed by atoms with E-state index in [0.29, 0.717) is 0 Å². The highest BCUT2D eigenvalue weighted by Crippen LogP contribution is 2.11. The Morgan fingerprint density at radius 3 is 2.63 bits per heavy atom. The van der Waals surface area contributed by atoms with Crippen LogP contribution in [0.15, 0.2) is 30.3 Å². The lowest BCUT2D eigenvalue weighted by Gasteiger charge is -2.13. The standard InChI is InChI=1S/C13H17NO4S/c1-18-7-11(13(16)17)14-12(15)9-19-8-10-5-3-2-4-6-10/h2-6,11H,7-9H2,1H3,(H,14,15)(H,16,17). The van der Waals surface area contributed by atoms with Crippen molar-refractivity contribution in [2.24, 2.45) is 0 Å². The maximum absolute atomic E-state index is 11.6. The van der Waals surface area contributed by atoms with Gasteiger partial charge in [-0.1, -0.05) is 30.3 Å². The van der Waals surface area contributed by atoms with Gasteiger partial charge in [-0.3, -0.25) is 4.79 Å². The van der Waals surface area contributed by atoms with Crippen molar-refractivity contribution < 1.29 is 19.4 Å².